The smallest absolute Gasteiger partial charge is 0.251 e. The van der Waals surface area contributed by atoms with Gasteiger partial charge in [0.15, 0.2) is 0 Å². The average Bonchev–Trinajstić information content (AvgIpc) is 2.74. The first-order valence-electron chi connectivity index (χ1n) is 9.53. The lowest BCUT2D eigenvalue weighted by molar-refractivity contribution is -0.118. The number of morpholine rings is 1. The summed E-state index contributed by atoms with van der Waals surface area (Å²) < 4.78 is 18.1. The third-order valence-corrected chi connectivity index (χ3v) is 4.44. The summed E-state index contributed by atoms with van der Waals surface area (Å²) in [5.74, 6) is -1.43. The monoisotopic (exact) mass is 414 g/mol. The third kappa shape index (κ3) is 6.64. The standard InChI is InChI=1S/C21H23FN4O4/c22-16-3-1-15(2-4-16)21(29)23-13-19(27)24-17-5-7-18(8-6-17)25-20(28)14-26-9-11-30-12-10-26/h1-8H,9-14H2,(H,23,29)(H,24,27)(H,25,28). The van der Waals surface area contributed by atoms with E-state index in [0.717, 1.165) is 13.1 Å². The molecule has 0 saturated carbocycles. The summed E-state index contributed by atoms with van der Waals surface area (Å²) in [5, 5.41) is 7.94. The molecule has 0 unspecified atom stereocenters. The van der Waals surface area contributed by atoms with Crippen LogP contribution in [0.1, 0.15) is 10.4 Å². The molecular weight excluding hydrogens is 391 g/mol. The van der Waals surface area contributed by atoms with Gasteiger partial charge in [0, 0.05) is 30.0 Å². The largest absolute Gasteiger partial charge is 0.379 e. The Kier molecular flexibility index (Phi) is 7.47. The van der Waals surface area contributed by atoms with Crippen molar-refractivity contribution in [1.82, 2.24) is 10.2 Å². The van der Waals surface area contributed by atoms with Gasteiger partial charge in [-0.3, -0.25) is 19.3 Å². The number of nitrogens with zero attached hydrogens (tertiary/aromatic N) is 1. The summed E-state index contributed by atoms with van der Waals surface area (Å²) >= 11 is 0. The molecule has 1 saturated heterocycles. The lowest BCUT2D eigenvalue weighted by Crippen LogP contribution is -2.41. The van der Waals surface area contributed by atoms with Crippen LogP contribution >= 0.6 is 0 Å². The Morgan fingerprint density at radius 2 is 1.43 bits per heavy atom. The first-order chi connectivity index (χ1) is 14.5. The first kappa shape index (κ1) is 21.4. The van der Waals surface area contributed by atoms with Crippen LogP contribution in [0.3, 0.4) is 0 Å². The van der Waals surface area contributed by atoms with E-state index in [4.69, 9.17) is 4.74 Å². The first-order valence-corrected chi connectivity index (χ1v) is 9.53. The second kappa shape index (κ2) is 10.5. The van der Waals surface area contributed by atoms with Crippen molar-refractivity contribution in [1.29, 1.82) is 0 Å². The number of anilines is 2. The molecule has 0 radical (unpaired) electrons. The Morgan fingerprint density at radius 1 is 0.867 bits per heavy atom. The van der Waals surface area contributed by atoms with Crippen LogP contribution in [0.5, 0.6) is 0 Å². The molecule has 1 heterocycles. The lowest BCUT2D eigenvalue weighted by Gasteiger charge is -2.25. The normalized spacial score (nSPS) is 14.0. The second-order valence-corrected chi connectivity index (χ2v) is 6.75. The van der Waals surface area contributed by atoms with E-state index in [9.17, 15) is 18.8 Å². The molecular formula is C21H23FN4O4. The van der Waals surface area contributed by atoms with Gasteiger partial charge in [-0.2, -0.15) is 0 Å². The molecule has 3 N–H and O–H groups in total. The highest BCUT2D eigenvalue weighted by Crippen LogP contribution is 2.13. The fraction of sp³-hybridized carbons (Fsp3) is 0.286. The van der Waals surface area contributed by atoms with Gasteiger partial charge >= 0.3 is 0 Å². The molecule has 1 fully saturated rings. The molecule has 0 aliphatic carbocycles. The number of halogens is 1. The second-order valence-electron chi connectivity index (χ2n) is 6.75. The average molecular weight is 414 g/mol. The Bertz CT molecular complexity index is 881. The number of hydrogen-bond donors (Lipinski definition) is 3. The van der Waals surface area contributed by atoms with Crippen molar-refractivity contribution in [2.24, 2.45) is 0 Å². The molecule has 0 aromatic heterocycles. The predicted molar refractivity (Wildman–Crippen MR) is 110 cm³/mol. The quantitative estimate of drug-likeness (QED) is 0.637. The maximum Gasteiger partial charge on any atom is 0.251 e. The zero-order valence-corrected chi connectivity index (χ0v) is 16.3. The molecule has 30 heavy (non-hydrogen) atoms. The van der Waals surface area contributed by atoms with Gasteiger partial charge in [-0.1, -0.05) is 0 Å². The van der Waals surface area contributed by atoms with Crippen LogP contribution in [0, 0.1) is 5.82 Å². The molecule has 0 spiro atoms. The van der Waals surface area contributed by atoms with Crippen LogP contribution in [-0.4, -0.2) is 62.0 Å². The Morgan fingerprint density at radius 3 is 2.03 bits per heavy atom. The fourth-order valence-electron chi connectivity index (χ4n) is 2.87. The van der Waals surface area contributed by atoms with Gasteiger partial charge in [0.1, 0.15) is 5.82 Å². The van der Waals surface area contributed by atoms with E-state index in [1.54, 1.807) is 24.3 Å². The van der Waals surface area contributed by atoms with E-state index in [2.05, 4.69) is 16.0 Å². The topological polar surface area (TPSA) is 99.8 Å². The molecule has 158 valence electrons. The van der Waals surface area contributed by atoms with Gasteiger partial charge in [0.25, 0.3) is 5.91 Å². The number of amides is 3. The summed E-state index contributed by atoms with van der Waals surface area (Å²) in [5.41, 5.74) is 1.42. The van der Waals surface area contributed by atoms with E-state index in [-0.39, 0.29) is 18.0 Å². The lowest BCUT2D eigenvalue weighted by atomic mass is 10.2. The van der Waals surface area contributed by atoms with Gasteiger partial charge in [0.2, 0.25) is 11.8 Å². The summed E-state index contributed by atoms with van der Waals surface area (Å²) in [6.45, 7) is 2.80. The van der Waals surface area contributed by atoms with Crippen molar-refractivity contribution >= 4 is 29.1 Å². The minimum atomic E-state index is -0.469. The molecule has 3 amide bonds. The number of carbonyl (C=O) groups is 3. The maximum atomic E-state index is 12.9. The van der Waals surface area contributed by atoms with Crippen LogP contribution in [0.25, 0.3) is 0 Å². The van der Waals surface area contributed by atoms with Crippen molar-refractivity contribution in [3.63, 3.8) is 0 Å². The predicted octanol–water partition coefficient (Wildman–Crippen LogP) is 1.46. The molecule has 8 nitrogen and oxygen atoms in total. The number of rotatable bonds is 7. The summed E-state index contributed by atoms with van der Waals surface area (Å²) in [6.07, 6.45) is 0. The minimum absolute atomic E-state index is 0.114. The van der Waals surface area contributed by atoms with Crippen molar-refractivity contribution in [2.75, 3.05) is 50.0 Å². The highest BCUT2D eigenvalue weighted by atomic mass is 19.1. The molecule has 0 bridgehead atoms. The molecule has 1 aliphatic rings. The van der Waals surface area contributed by atoms with Crippen molar-refractivity contribution in [3.8, 4) is 0 Å². The van der Waals surface area contributed by atoms with E-state index >= 15 is 0 Å². The molecule has 2 aromatic carbocycles. The maximum absolute atomic E-state index is 12.9. The molecule has 9 heteroatoms. The number of hydrogen-bond acceptors (Lipinski definition) is 5. The molecule has 1 aliphatic heterocycles. The zero-order valence-electron chi connectivity index (χ0n) is 16.3. The Hall–Kier alpha value is -3.30. The zero-order chi connectivity index (χ0) is 21.3. The van der Waals surface area contributed by atoms with Crippen molar-refractivity contribution in [2.45, 2.75) is 0 Å². The van der Waals surface area contributed by atoms with Crippen LogP contribution in [0.15, 0.2) is 48.5 Å². The van der Waals surface area contributed by atoms with Gasteiger partial charge in [-0.05, 0) is 48.5 Å². The Balaban J connectivity index is 1.42. The third-order valence-electron chi connectivity index (χ3n) is 4.44. The Labute approximate surface area is 173 Å². The molecule has 2 aromatic rings. The summed E-state index contributed by atoms with van der Waals surface area (Å²) in [4.78, 5) is 38.1. The fourth-order valence-corrected chi connectivity index (χ4v) is 2.87. The number of ether oxygens (including phenoxy) is 1. The van der Waals surface area contributed by atoms with Crippen LogP contribution in [0.4, 0.5) is 15.8 Å². The van der Waals surface area contributed by atoms with Crippen molar-refractivity contribution in [3.05, 3.63) is 59.9 Å². The van der Waals surface area contributed by atoms with Crippen LogP contribution in [0.2, 0.25) is 0 Å². The highest BCUT2D eigenvalue weighted by molar-refractivity contribution is 5.99. The van der Waals surface area contributed by atoms with Crippen LogP contribution in [-0.2, 0) is 14.3 Å². The van der Waals surface area contributed by atoms with E-state index < -0.39 is 17.6 Å². The van der Waals surface area contributed by atoms with Gasteiger partial charge in [-0.25, -0.2) is 4.39 Å². The summed E-state index contributed by atoms with van der Waals surface area (Å²) in [6, 6.07) is 11.7. The minimum Gasteiger partial charge on any atom is -0.379 e. The van der Waals surface area contributed by atoms with Gasteiger partial charge < -0.3 is 20.7 Å². The van der Waals surface area contributed by atoms with Gasteiger partial charge in [0.05, 0.1) is 26.3 Å². The van der Waals surface area contributed by atoms with Crippen molar-refractivity contribution < 1.29 is 23.5 Å². The molecule has 3 rings (SSSR count). The van der Waals surface area contributed by atoms with E-state index in [0.29, 0.717) is 31.1 Å². The van der Waals surface area contributed by atoms with Crippen LogP contribution < -0.4 is 16.0 Å². The number of nitrogens with one attached hydrogen (secondary N) is 3. The number of benzene rings is 2. The van der Waals surface area contributed by atoms with E-state index in [1.807, 2.05) is 4.90 Å². The van der Waals surface area contributed by atoms with Gasteiger partial charge in [-0.15, -0.1) is 0 Å². The molecule has 0 atom stereocenters. The SMILES string of the molecule is O=C(CNC(=O)c1ccc(F)cc1)Nc1ccc(NC(=O)CN2CCOCC2)cc1. The van der Waals surface area contributed by atoms with E-state index in [1.165, 1.54) is 24.3 Å². The number of carbonyl (C=O) groups excluding carboxylic acids is 3. The summed E-state index contributed by atoms with van der Waals surface area (Å²) in [7, 11) is 0. The highest BCUT2D eigenvalue weighted by Gasteiger charge is 2.14.